The van der Waals surface area contributed by atoms with Crippen LogP contribution in [0.2, 0.25) is 0 Å². The Morgan fingerprint density at radius 3 is 1.82 bits per heavy atom. The van der Waals surface area contributed by atoms with Crippen molar-refractivity contribution in [2.24, 2.45) is 5.92 Å². The van der Waals surface area contributed by atoms with Gasteiger partial charge in [0.25, 0.3) is 0 Å². The molecule has 0 amide bonds. The molecular weight excluding hydrogens is 152 g/mol. The first-order valence-electron chi connectivity index (χ1n) is 4.81. The fourth-order valence-corrected chi connectivity index (χ4v) is 2.22. The Labute approximate surface area is 76.1 Å². The van der Waals surface area contributed by atoms with Crippen LogP contribution < -0.4 is 0 Å². The van der Waals surface area contributed by atoms with E-state index in [0.717, 1.165) is 11.2 Å². The van der Waals surface area contributed by atoms with Gasteiger partial charge in [-0.2, -0.15) is 11.8 Å². The van der Waals surface area contributed by atoms with Gasteiger partial charge < -0.3 is 0 Å². The van der Waals surface area contributed by atoms with Crippen LogP contribution in [0.4, 0.5) is 0 Å². The minimum atomic E-state index is 0.903. The minimum Gasteiger partial charge on any atom is -0.162 e. The maximum absolute atomic E-state index is 2.31. The summed E-state index contributed by atoms with van der Waals surface area (Å²) in [5, 5.41) is 0.903. The van der Waals surface area contributed by atoms with E-state index in [1.165, 1.54) is 25.7 Å². The van der Waals surface area contributed by atoms with Crippen molar-refractivity contribution in [3.8, 4) is 0 Å². The molecule has 0 heterocycles. The highest BCUT2D eigenvalue weighted by molar-refractivity contribution is 7.99. The predicted molar refractivity (Wildman–Crippen MR) is 56.3 cm³/mol. The smallest absolute Gasteiger partial charge is 0.00442 e. The molecule has 11 heavy (non-hydrogen) atoms. The molecule has 1 atom stereocenters. The van der Waals surface area contributed by atoms with E-state index in [-0.39, 0.29) is 0 Å². The lowest BCUT2D eigenvalue weighted by Gasteiger charge is -2.18. The summed E-state index contributed by atoms with van der Waals surface area (Å²) in [5.41, 5.74) is 0. The summed E-state index contributed by atoms with van der Waals surface area (Å²) < 4.78 is 0. The summed E-state index contributed by atoms with van der Waals surface area (Å²) in [6, 6.07) is 0. The molecule has 1 heteroatoms. The Morgan fingerprint density at radius 2 is 1.55 bits per heavy atom. The zero-order valence-corrected chi connectivity index (χ0v) is 9.21. The van der Waals surface area contributed by atoms with Crippen molar-refractivity contribution in [3.63, 3.8) is 0 Å². The van der Waals surface area contributed by atoms with Gasteiger partial charge in [-0.3, -0.25) is 0 Å². The van der Waals surface area contributed by atoms with Gasteiger partial charge in [-0.05, 0) is 25.0 Å². The highest BCUT2D eigenvalue weighted by Crippen LogP contribution is 2.23. The molecule has 0 spiro atoms. The molecule has 0 aromatic carbocycles. The third-order valence-corrected chi connectivity index (χ3v) is 3.73. The van der Waals surface area contributed by atoms with Crippen molar-refractivity contribution in [1.82, 2.24) is 0 Å². The molecular formula is C10H22S. The highest BCUT2D eigenvalue weighted by atomic mass is 32.2. The molecule has 0 fully saturated rings. The van der Waals surface area contributed by atoms with Crippen LogP contribution in [0, 0.1) is 5.92 Å². The van der Waals surface area contributed by atoms with Crippen molar-refractivity contribution in [2.75, 3.05) is 6.26 Å². The second-order valence-corrected chi connectivity index (χ2v) is 4.32. The zero-order valence-electron chi connectivity index (χ0n) is 8.39. The topological polar surface area (TPSA) is 0 Å². The minimum absolute atomic E-state index is 0.903. The molecule has 0 aromatic heterocycles. The van der Waals surface area contributed by atoms with E-state index in [1.807, 2.05) is 11.8 Å². The fourth-order valence-electron chi connectivity index (χ4n) is 1.42. The third kappa shape index (κ3) is 4.73. The molecule has 0 saturated heterocycles. The van der Waals surface area contributed by atoms with Gasteiger partial charge in [0.05, 0.1) is 0 Å². The van der Waals surface area contributed by atoms with Crippen LogP contribution in [0.5, 0.6) is 0 Å². The molecule has 0 bridgehead atoms. The van der Waals surface area contributed by atoms with Gasteiger partial charge in [0.15, 0.2) is 0 Å². The number of rotatable bonds is 6. The first kappa shape index (κ1) is 11.4. The zero-order chi connectivity index (χ0) is 8.69. The molecule has 0 aliphatic carbocycles. The van der Waals surface area contributed by atoms with Crippen molar-refractivity contribution in [3.05, 3.63) is 0 Å². The van der Waals surface area contributed by atoms with Crippen LogP contribution in [0.25, 0.3) is 0 Å². The summed E-state index contributed by atoms with van der Waals surface area (Å²) in [5.74, 6) is 0.965. The SMILES string of the molecule is CCC(CC)CC(CC)SC. The Morgan fingerprint density at radius 1 is 1.00 bits per heavy atom. The van der Waals surface area contributed by atoms with Crippen LogP contribution in [0.15, 0.2) is 0 Å². The van der Waals surface area contributed by atoms with Gasteiger partial charge in [-0.15, -0.1) is 0 Å². The average Bonchev–Trinajstić information content (AvgIpc) is 2.07. The van der Waals surface area contributed by atoms with E-state index in [9.17, 15) is 0 Å². The molecule has 1 unspecified atom stereocenters. The Kier molecular flexibility index (Phi) is 7.25. The summed E-state index contributed by atoms with van der Waals surface area (Å²) in [7, 11) is 0. The van der Waals surface area contributed by atoms with Crippen LogP contribution >= 0.6 is 11.8 Å². The van der Waals surface area contributed by atoms with E-state index < -0.39 is 0 Å². The normalized spacial score (nSPS) is 13.9. The van der Waals surface area contributed by atoms with Gasteiger partial charge in [-0.1, -0.05) is 33.6 Å². The first-order chi connectivity index (χ1) is 5.28. The average molecular weight is 174 g/mol. The molecule has 0 N–H and O–H groups in total. The number of hydrogen-bond donors (Lipinski definition) is 0. The van der Waals surface area contributed by atoms with E-state index in [0.29, 0.717) is 0 Å². The lowest BCUT2D eigenvalue weighted by Crippen LogP contribution is -2.08. The lowest BCUT2D eigenvalue weighted by atomic mass is 9.97. The molecule has 0 rings (SSSR count). The maximum atomic E-state index is 2.31. The molecule has 0 aliphatic rings. The Hall–Kier alpha value is 0.350. The fraction of sp³-hybridized carbons (Fsp3) is 1.00. The molecule has 0 aliphatic heterocycles. The summed E-state index contributed by atoms with van der Waals surface area (Å²) in [4.78, 5) is 0. The molecule has 0 aromatic rings. The monoisotopic (exact) mass is 174 g/mol. The van der Waals surface area contributed by atoms with E-state index >= 15 is 0 Å². The quantitative estimate of drug-likeness (QED) is 0.587. The summed E-state index contributed by atoms with van der Waals surface area (Å²) in [6.45, 7) is 6.91. The third-order valence-electron chi connectivity index (χ3n) is 2.54. The number of hydrogen-bond acceptors (Lipinski definition) is 1. The lowest BCUT2D eigenvalue weighted by molar-refractivity contribution is 0.445. The summed E-state index contributed by atoms with van der Waals surface area (Å²) >= 11 is 2.03. The van der Waals surface area contributed by atoms with Crippen LogP contribution in [0.3, 0.4) is 0 Å². The van der Waals surface area contributed by atoms with Gasteiger partial charge in [0, 0.05) is 5.25 Å². The van der Waals surface area contributed by atoms with Crippen LogP contribution in [0.1, 0.15) is 46.5 Å². The first-order valence-corrected chi connectivity index (χ1v) is 6.09. The summed E-state index contributed by atoms with van der Waals surface area (Å²) in [6.07, 6.45) is 7.69. The van der Waals surface area contributed by atoms with Crippen molar-refractivity contribution < 1.29 is 0 Å². The Balaban J connectivity index is 3.58. The van der Waals surface area contributed by atoms with Crippen LogP contribution in [-0.4, -0.2) is 11.5 Å². The van der Waals surface area contributed by atoms with Gasteiger partial charge in [-0.25, -0.2) is 0 Å². The van der Waals surface area contributed by atoms with Gasteiger partial charge in [0.2, 0.25) is 0 Å². The number of thioether (sulfide) groups is 1. The van der Waals surface area contributed by atoms with Crippen molar-refractivity contribution in [1.29, 1.82) is 0 Å². The standard InChI is InChI=1S/C10H22S/c1-5-9(6-2)8-10(7-3)11-4/h9-10H,5-8H2,1-4H3. The van der Waals surface area contributed by atoms with E-state index in [1.54, 1.807) is 0 Å². The maximum Gasteiger partial charge on any atom is 0.00442 e. The predicted octanol–water partition coefficient (Wildman–Crippen LogP) is 3.95. The Bertz CT molecular complexity index is 62.9. The van der Waals surface area contributed by atoms with Gasteiger partial charge >= 0.3 is 0 Å². The highest BCUT2D eigenvalue weighted by Gasteiger charge is 2.10. The van der Waals surface area contributed by atoms with Crippen molar-refractivity contribution >= 4 is 11.8 Å². The molecule has 0 saturated carbocycles. The van der Waals surface area contributed by atoms with E-state index in [2.05, 4.69) is 27.0 Å². The van der Waals surface area contributed by atoms with Gasteiger partial charge in [0.1, 0.15) is 0 Å². The van der Waals surface area contributed by atoms with Crippen LogP contribution in [-0.2, 0) is 0 Å². The molecule has 0 radical (unpaired) electrons. The second kappa shape index (κ2) is 7.02. The van der Waals surface area contributed by atoms with E-state index in [4.69, 9.17) is 0 Å². The largest absolute Gasteiger partial charge is 0.162 e. The molecule has 0 nitrogen and oxygen atoms in total. The molecule has 68 valence electrons. The second-order valence-electron chi connectivity index (χ2n) is 3.18. The van der Waals surface area contributed by atoms with Crippen molar-refractivity contribution in [2.45, 2.75) is 51.7 Å².